The lowest BCUT2D eigenvalue weighted by molar-refractivity contribution is -0.157. The third kappa shape index (κ3) is 5.52. The Labute approximate surface area is 155 Å². The van der Waals surface area contributed by atoms with Crippen molar-refractivity contribution in [2.45, 2.75) is 24.9 Å². The molecule has 2 rings (SSSR count). The predicted molar refractivity (Wildman–Crippen MR) is 98.3 cm³/mol. The Balaban J connectivity index is 0.00000288. The van der Waals surface area contributed by atoms with Gasteiger partial charge in [0.2, 0.25) is 0 Å². The van der Waals surface area contributed by atoms with E-state index in [1.54, 1.807) is 18.1 Å². The number of ether oxygens (including phenoxy) is 2. The number of likely N-dealkylation sites (N-methyl/N-ethyl adjacent to an activating group) is 1. The molecule has 136 valence electrons. The maximum atomic E-state index is 12.7. The van der Waals surface area contributed by atoms with Crippen molar-refractivity contribution in [1.29, 1.82) is 0 Å². The van der Waals surface area contributed by atoms with E-state index in [0.29, 0.717) is 31.0 Å². The largest absolute Gasteiger partial charge is 0.493 e. The molecule has 0 aliphatic carbocycles. The highest BCUT2D eigenvalue weighted by atomic mass is 35.5. The molecule has 1 aromatic rings. The smallest absolute Gasteiger partial charge is 0.254 e. The average molecular weight is 377 g/mol. The molecule has 1 aliphatic heterocycles. The molecule has 1 fully saturated rings. The van der Waals surface area contributed by atoms with Crippen molar-refractivity contribution < 1.29 is 14.3 Å². The fourth-order valence-corrected chi connectivity index (χ4v) is 3.01. The Kier molecular flexibility index (Phi) is 8.84. The molecular formula is C17H26Cl2N2O3. The Morgan fingerprint density at radius 3 is 2.71 bits per heavy atom. The molecule has 5 nitrogen and oxygen atoms in total. The summed E-state index contributed by atoms with van der Waals surface area (Å²) in [5, 5.41) is 3.92. The highest BCUT2D eigenvalue weighted by Crippen LogP contribution is 2.25. The lowest BCUT2D eigenvalue weighted by atomic mass is 9.90. The van der Waals surface area contributed by atoms with Gasteiger partial charge in [-0.25, -0.2) is 0 Å². The highest BCUT2D eigenvalue weighted by molar-refractivity contribution is 6.30. The predicted octanol–water partition coefficient (Wildman–Crippen LogP) is 2.76. The first-order valence-corrected chi connectivity index (χ1v) is 8.35. The molecule has 0 atom stereocenters. The summed E-state index contributed by atoms with van der Waals surface area (Å²) in [7, 11) is 3.45. The van der Waals surface area contributed by atoms with E-state index in [2.05, 4.69) is 5.32 Å². The fraction of sp³-hybridized carbons (Fsp3) is 0.588. The molecule has 7 heteroatoms. The van der Waals surface area contributed by atoms with E-state index < -0.39 is 5.60 Å². The van der Waals surface area contributed by atoms with Crippen molar-refractivity contribution in [2.24, 2.45) is 0 Å². The van der Waals surface area contributed by atoms with E-state index in [0.717, 1.165) is 25.3 Å². The van der Waals surface area contributed by atoms with Crippen molar-refractivity contribution in [3.05, 3.63) is 29.3 Å². The zero-order valence-corrected chi connectivity index (χ0v) is 15.8. The summed E-state index contributed by atoms with van der Waals surface area (Å²) in [5.74, 6) is 0.808. The van der Waals surface area contributed by atoms with Crippen LogP contribution in [0, 0.1) is 0 Å². The molecule has 0 spiro atoms. The van der Waals surface area contributed by atoms with Gasteiger partial charge >= 0.3 is 0 Å². The Hall–Kier alpha value is -1.01. The first-order valence-electron chi connectivity index (χ1n) is 7.97. The minimum absolute atomic E-state index is 0. The molecule has 1 heterocycles. The lowest BCUT2D eigenvalue weighted by Crippen LogP contribution is -2.54. The van der Waals surface area contributed by atoms with E-state index >= 15 is 0 Å². The number of amides is 1. The van der Waals surface area contributed by atoms with Crippen molar-refractivity contribution in [2.75, 3.05) is 40.4 Å². The van der Waals surface area contributed by atoms with Gasteiger partial charge in [0, 0.05) is 25.7 Å². The van der Waals surface area contributed by atoms with Crippen LogP contribution in [0.25, 0.3) is 0 Å². The standard InChI is InChI=1S/C17H25ClN2O3.ClH/c1-20(16(21)17(22-2)7-9-19-10-8-17)11-4-12-23-15-6-3-5-14(18)13-15;/h3,5-6,13,19H,4,7-12H2,1-2H3;1H. The van der Waals surface area contributed by atoms with Crippen LogP contribution in [0.2, 0.25) is 5.02 Å². The van der Waals surface area contributed by atoms with Crippen molar-refractivity contribution >= 4 is 29.9 Å². The molecule has 1 saturated heterocycles. The van der Waals surface area contributed by atoms with Crippen molar-refractivity contribution in [1.82, 2.24) is 10.2 Å². The summed E-state index contributed by atoms with van der Waals surface area (Å²) in [5.41, 5.74) is -0.673. The van der Waals surface area contributed by atoms with Crippen LogP contribution >= 0.6 is 24.0 Å². The average Bonchev–Trinajstić information content (AvgIpc) is 2.58. The Morgan fingerprint density at radius 2 is 2.08 bits per heavy atom. The van der Waals surface area contributed by atoms with Gasteiger partial charge in [-0.3, -0.25) is 4.79 Å². The van der Waals surface area contributed by atoms with Gasteiger partial charge in [-0.1, -0.05) is 17.7 Å². The molecule has 1 aromatic carbocycles. The number of carbonyl (C=O) groups is 1. The number of methoxy groups -OCH3 is 1. The van der Waals surface area contributed by atoms with Crippen LogP contribution in [0.15, 0.2) is 24.3 Å². The molecule has 1 aliphatic rings. The molecule has 0 saturated carbocycles. The molecular weight excluding hydrogens is 351 g/mol. The van der Waals surface area contributed by atoms with Gasteiger partial charge in [-0.2, -0.15) is 0 Å². The molecule has 0 unspecified atom stereocenters. The van der Waals surface area contributed by atoms with Gasteiger partial charge in [-0.05, 0) is 50.6 Å². The summed E-state index contributed by atoms with van der Waals surface area (Å²) in [6.45, 7) is 2.80. The lowest BCUT2D eigenvalue weighted by Gasteiger charge is -2.37. The number of piperidine rings is 1. The summed E-state index contributed by atoms with van der Waals surface area (Å²) in [6.07, 6.45) is 2.18. The number of nitrogens with one attached hydrogen (secondary N) is 1. The summed E-state index contributed by atoms with van der Waals surface area (Å²) < 4.78 is 11.2. The normalized spacial score (nSPS) is 16.1. The van der Waals surface area contributed by atoms with Crippen LogP contribution in [0.1, 0.15) is 19.3 Å². The van der Waals surface area contributed by atoms with Crippen LogP contribution in [0.5, 0.6) is 5.75 Å². The van der Waals surface area contributed by atoms with Crippen molar-refractivity contribution in [3.8, 4) is 5.75 Å². The van der Waals surface area contributed by atoms with Crippen LogP contribution in [-0.4, -0.2) is 56.8 Å². The second kappa shape index (κ2) is 10.1. The fourth-order valence-electron chi connectivity index (χ4n) is 2.83. The number of hydrogen-bond donors (Lipinski definition) is 1. The second-order valence-electron chi connectivity index (χ2n) is 5.83. The molecule has 1 N–H and O–H groups in total. The van der Waals surface area contributed by atoms with Crippen LogP contribution in [-0.2, 0) is 9.53 Å². The first kappa shape index (κ1) is 21.0. The van der Waals surface area contributed by atoms with Gasteiger partial charge in [-0.15, -0.1) is 12.4 Å². The molecule has 0 radical (unpaired) electrons. The molecule has 0 bridgehead atoms. The number of rotatable bonds is 7. The van der Waals surface area contributed by atoms with Crippen molar-refractivity contribution in [3.63, 3.8) is 0 Å². The molecule has 24 heavy (non-hydrogen) atoms. The van der Waals surface area contributed by atoms with E-state index in [9.17, 15) is 4.79 Å². The molecule has 0 aromatic heterocycles. The quantitative estimate of drug-likeness (QED) is 0.743. The third-order valence-corrected chi connectivity index (χ3v) is 4.48. The number of hydrogen-bond acceptors (Lipinski definition) is 4. The maximum absolute atomic E-state index is 12.7. The Bertz CT molecular complexity index is 522. The number of nitrogens with zero attached hydrogens (tertiary/aromatic N) is 1. The number of benzene rings is 1. The van der Waals surface area contributed by atoms with Gasteiger partial charge < -0.3 is 19.7 Å². The second-order valence-corrected chi connectivity index (χ2v) is 6.27. The minimum atomic E-state index is -0.673. The minimum Gasteiger partial charge on any atom is -0.493 e. The van der Waals surface area contributed by atoms with Gasteiger partial charge in [0.05, 0.1) is 6.61 Å². The number of halogens is 2. The maximum Gasteiger partial charge on any atom is 0.254 e. The van der Waals surface area contributed by atoms with Gasteiger partial charge in [0.15, 0.2) is 0 Å². The van der Waals surface area contributed by atoms with E-state index in [1.165, 1.54) is 0 Å². The third-order valence-electron chi connectivity index (χ3n) is 4.24. The van der Waals surface area contributed by atoms with Crippen LogP contribution < -0.4 is 10.1 Å². The molecule has 1 amide bonds. The summed E-state index contributed by atoms with van der Waals surface area (Å²) in [4.78, 5) is 14.4. The van der Waals surface area contributed by atoms with Gasteiger partial charge in [0.25, 0.3) is 5.91 Å². The monoisotopic (exact) mass is 376 g/mol. The summed E-state index contributed by atoms with van der Waals surface area (Å²) in [6, 6.07) is 7.32. The highest BCUT2D eigenvalue weighted by Gasteiger charge is 2.41. The number of carbonyl (C=O) groups excluding carboxylic acids is 1. The summed E-state index contributed by atoms with van der Waals surface area (Å²) >= 11 is 5.92. The van der Waals surface area contributed by atoms with E-state index in [4.69, 9.17) is 21.1 Å². The first-order chi connectivity index (χ1) is 11.1. The van der Waals surface area contributed by atoms with Crippen LogP contribution in [0.3, 0.4) is 0 Å². The van der Waals surface area contributed by atoms with E-state index in [-0.39, 0.29) is 18.3 Å². The van der Waals surface area contributed by atoms with Gasteiger partial charge in [0.1, 0.15) is 11.4 Å². The van der Waals surface area contributed by atoms with E-state index in [1.807, 2.05) is 25.2 Å². The Morgan fingerprint density at radius 1 is 1.38 bits per heavy atom. The zero-order chi connectivity index (χ0) is 16.7. The van der Waals surface area contributed by atoms with Crippen LogP contribution in [0.4, 0.5) is 0 Å². The SMILES string of the molecule is COC1(C(=O)N(C)CCCOc2cccc(Cl)c2)CCNCC1.Cl. The topological polar surface area (TPSA) is 50.8 Å². The zero-order valence-electron chi connectivity index (χ0n) is 14.2.